The van der Waals surface area contributed by atoms with Gasteiger partial charge in [0.1, 0.15) is 0 Å². The molecule has 0 bridgehead atoms. The van der Waals surface area contributed by atoms with Crippen molar-refractivity contribution < 1.29 is 0 Å². The van der Waals surface area contributed by atoms with Crippen molar-refractivity contribution in [3.05, 3.63) is 71.8 Å². The number of likely N-dealkylation sites (tertiary alicyclic amines) is 1. The molecule has 3 heteroatoms. The largest absolute Gasteiger partial charge is 0.328 e. The number of benzene rings is 2. The lowest BCUT2D eigenvalue weighted by Crippen LogP contribution is -2.76. The zero-order valence-electron chi connectivity index (χ0n) is 19.1. The average molecular weight is 419 g/mol. The Hall–Kier alpha value is -1.68. The predicted molar refractivity (Wildman–Crippen MR) is 129 cm³/mol. The Morgan fingerprint density at radius 2 is 1.45 bits per heavy atom. The molecule has 0 spiro atoms. The molecule has 3 saturated heterocycles. The summed E-state index contributed by atoms with van der Waals surface area (Å²) in [4.78, 5) is 5.77. The standard InChI is InChI=1S/C28H39N3/c1-2-9-27-24(18-22-10-5-3-6-11-22)20-31-21-25(19-23-12-7-4-8-13-23)28(27,31)30-16-14-26(29)15-17-30/h3-8,10-13,24-27H,2,9,14-21,29H2,1H3/i29+1. The first-order chi connectivity index (χ1) is 15.2. The highest BCUT2D eigenvalue weighted by molar-refractivity contribution is 5.24. The van der Waals surface area contributed by atoms with Gasteiger partial charge >= 0.3 is 0 Å². The van der Waals surface area contributed by atoms with Crippen molar-refractivity contribution >= 4 is 0 Å². The number of rotatable bonds is 7. The van der Waals surface area contributed by atoms with Crippen molar-refractivity contribution in [2.75, 3.05) is 26.2 Å². The number of piperidine rings is 1. The molecule has 2 aromatic carbocycles. The second kappa shape index (κ2) is 9.05. The van der Waals surface area contributed by atoms with E-state index in [2.05, 4.69) is 77.4 Å². The Morgan fingerprint density at radius 3 is 2.06 bits per heavy atom. The molecule has 0 amide bonds. The van der Waals surface area contributed by atoms with Gasteiger partial charge in [-0.25, -0.2) is 0 Å². The molecule has 4 atom stereocenters. The minimum Gasteiger partial charge on any atom is -0.328 e. The molecule has 3 aliphatic rings. The topological polar surface area (TPSA) is 32.5 Å². The van der Waals surface area contributed by atoms with Crippen LogP contribution >= 0.6 is 0 Å². The Kier molecular flexibility index (Phi) is 6.19. The molecule has 2 N–H and O–H groups in total. The maximum atomic E-state index is 6.33. The fraction of sp³-hybridized carbons (Fsp3) is 0.571. The minimum atomic E-state index is 0.242. The molecule has 166 valence electrons. The lowest BCUT2D eigenvalue weighted by Gasteiger charge is -2.64. The third kappa shape index (κ3) is 3.86. The van der Waals surface area contributed by atoms with E-state index < -0.39 is 0 Å². The Labute approximate surface area is 188 Å². The maximum absolute atomic E-state index is 6.33. The second-order valence-corrected chi connectivity index (χ2v) is 10.2. The van der Waals surface area contributed by atoms with E-state index in [1.807, 2.05) is 0 Å². The van der Waals surface area contributed by atoms with Crippen LogP contribution in [0.2, 0.25) is 0 Å². The molecule has 5 rings (SSSR count). The third-order valence-electron chi connectivity index (χ3n) is 8.43. The van der Waals surface area contributed by atoms with Gasteiger partial charge in [-0.05, 0) is 55.1 Å². The third-order valence-corrected chi connectivity index (χ3v) is 8.43. The molecule has 0 aliphatic carbocycles. The van der Waals surface area contributed by atoms with E-state index >= 15 is 0 Å². The molecular formula is C28H39N3. The van der Waals surface area contributed by atoms with Gasteiger partial charge in [-0.3, -0.25) is 9.80 Å². The maximum Gasteiger partial charge on any atom is 0.0814 e. The van der Waals surface area contributed by atoms with Crippen molar-refractivity contribution in [3.63, 3.8) is 0 Å². The van der Waals surface area contributed by atoms with Crippen molar-refractivity contribution in [1.29, 1.82) is 0 Å². The van der Waals surface area contributed by atoms with Crippen LogP contribution in [0.4, 0.5) is 0 Å². The van der Waals surface area contributed by atoms with Crippen LogP contribution in [0.1, 0.15) is 43.7 Å². The average Bonchev–Trinajstić information content (AvgIpc) is 3.02. The summed E-state index contributed by atoms with van der Waals surface area (Å²) in [7, 11) is 0. The van der Waals surface area contributed by atoms with E-state index in [-0.39, 0.29) is 5.66 Å². The van der Waals surface area contributed by atoms with Crippen molar-refractivity contribution in [3.8, 4) is 0 Å². The van der Waals surface area contributed by atoms with Crippen LogP contribution in [0, 0.1) is 17.8 Å². The molecule has 0 radical (unpaired) electrons. The summed E-state index contributed by atoms with van der Waals surface area (Å²) >= 11 is 0. The SMILES string of the molecule is CCCC1C(Cc2ccccc2)CN2CC(Cc3ccccc3)C12N1CCC([15NH2])CC1. The second-order valence-electron chi connectivity index (χ2n) is 10.2. The van der Waals surface area contributed by atoms with Crippen molar-refractivity contribution in [2.45, 2.75) is 57.2 Å². The van der Waals surface area contributed by atoms with Crippen LogP contribution < -0.4 is 5.73 Å². The first-order valence-corrected chi connectivity index (χ1v) is 12.5. The summed E-state index contributed by atoms with van der Waals surface area (Å²) in [5, 5.41) is 0. The lowest BCUT2D eigenvalue weighted by molar-refractivity contribution is -0.191. The van der Waals surface area contributed by atoms with Crippen LogP contribution in [0.15, 0.2) is 60.7 Å². The van der Waals surface area contributed by atoms with E-state index in [9.17, 15) is 0 Å². The summed E-state index contributed by atoms with van der Waals surface area (Å²) in [6, 6.07) is 22.8. The molecule has 0 aromatic heterocycles. The number of hydrogen-bond donors (Lipinski definition) is 1. The fourth-order valence-corrected chi connectivity index (χ4v) is 7.15. The zero-order chi connectivity index (χ0) is 21.3. The summed E-state index contributed by atoms with van der Waals surface area (Å²) in [6.07, 6.45) is 7.33. The monoisotopic (exact) mass is 418 g/mol. The van der Waals surface area contributed by atoms with Crippen molar-refractivity contribution in [2.24, 2.45) is 23.5 Å². The van der Waals surface area contributed by atoms with Gasteiger partial charge in [0.25, 0.3) is 0 Å². The van der Waals surface area contributed by atoms with Crippen LogP contribution in [0.25, 0.3) is 0 Å². The molecule has 3 aliphatic heterocycles. The van der Waals surface area contributed by atoms with Gasteiger partial charge in [0, 0.05) is 38.1 Å². The molecule has 3 nitrogen and oxygen atoms in total. The number of nitrogens with two attached hydrogens (primary N) is 1. The summed E-state index contributed by atoms with van der Waals surface area (Å²) in [5.41, 5.74) is 9.58. The van der Waals surface area contributed by atoms with Gasteiger partial charge in [0.15, 0.2) is 0 Å². The summed E-state index contributed by atoms with van der Waals surface area (Å²) < 4.78 is 0. The van der Waals surface area contributed by atoms with Gasteiger partial charge in [0.2, 0.25) is 0 Å². The first kappa shape index (κ1) is 21.2. The zero-order valence-corrected chi connectivity index (χ0v) is 19.1. The minimum absolute atomic E-state index is 0.242. The van der Waals surface area contributed by atoms with E-state index in [4.69, 9.17) is 5.73 Å². The normalized spacial score (nSPS) is 32.0. The van der Waals surface area contributed by atoms with Crippen molar-refractivity contribution in [1.82, 2.24) is 9.80 Å². The highest BCUT2D eigenvalue weighted by atomic mass is 15.5. The van der Waals surface area contributed by atoms with Crippen LogP contribution in [0.3, 0.4) is 0 Å². The quantitative estimate of drug-likeness (QED) is 0.669. The molecule has 4 unspecified atom stereocenters. The Morgan fingerprint density at radius 1 is 0.839 bits per heavy atom. The van der Waals surface area contributed by atoms with Gasteiger partial charge in [0.05, 0.1) is 5.66 Å². The highest BCUT2D eigenvalue weighted by Crippen LogP contribution is 2.56. The van der Waals surface area contributed by atoms with Gasteiger partial charge in [-0.1, -0.05) is 74.0 Å². The van der Waals surface area contributed by atoms with Crippen LogP contribution in [-0.4, -0.2) is 47.7 Å². The van der Waals surface area contributed by atoms with E-state index in [1.54, 1.807) is 0 Å². The number of hydrogen-bond acceptors (Lipinski definition) is 3. The summed E-state index contributed by atoms with van der Waals surface area (Å²) in [6.45, 7) is 7.23. The Balaban J connectivity index is 1.46. The molecule has 31 heavy (non-hydrogen) atoms. The lowest BCUT2D eigenvalue weighted by atomic mass is 9.67. The molecule has 2 aromatic rings. The van der Waals surface area contributed by atoms with Gasteiger partial charge in [-0.2, -0.15) is 0 Å². The Bertz CT molecular complexity index is 830. The summed E-state index contributed by atoms with van der Waals surface area (Å²) in [5.74, 6) is 2.22. The van der Waals surface area contributed by atoms with Gasteiger partial charge < -0.3 is 5.73 Å². The number of nitrogens with zero attached hydrogens (tertiary/aromatic N) is 2. The smallest absolute Gasteiger partial charge is 0.0814 e. The van der Waals surface area contributed by atoms with E-state index in [1.165, 1.54) is 63.0 Å². The highest BCUT2D eigenvalue weighted by Gasteiger charge is 2.66. The predicted octanol–water partition coefficient (Wildman–Crippen LogP) is 4.57. The van der Waals surface area contributed by atoms with Gasteiger partial charge in [-0.15, -0.1) is 0 Å². The van der Waals surface area contributed by atoms with E-state index in [0.29, 0.717) is 6.04 Å². The fourth-order valence-electron chi connectivity index (χ4n) is 7.15. The first-order valence-electron chi connectivity index (χ1n) is 12.5. The van der Waals surface area contributed by atoms with Crippen LogP contribution in [-0.2, 0) is 12.8 Å². The molecule has 3 heterocycles. The molecular weight excluding hydrogens is 379 g/mol. The molecule has 0 saturated carbocycles. The number of fused-ring (bicyclic) bond motifs is 1. The molecule has 3 fully saturated rings. The van der Waals surface area contributed by atoms with Crippen LogP contribution in [0.5, 0.6) is 0 Å². The van der Waals surface area contributed by atoms with E-state index in [0.717, 1.165) is 30.6 Å².